The third-order valence-corrected chi connectivity index (χ3v) is 5.83. The highest BCUT2D eigenvalue weighted by atomic mass is 32.2. The van der Waals surface area contributed by atoms with Crippen LogP contribution in [0.5, 0.6) is 17.2 Å². The van der Waals surface area contributed by atoms with Gasteiger partial charge in [-0.25, -0.2) is 9.63 Å². The number of hydrogen-bond donors (Lipinski definition) is 1. The molecule has 0 spiro atoms. The second-order valence-electron chi connectivity index (χ2n) is 7.15. The fourth-order valence-corrected chi connectivity index (χ4v) is 3.70. The molecule has 0 amide bonds. The third kappa shape index (κ3) is 6.58. The molecule has 8 nitrogen and oxygen atoms in total. The van der Waals surface area contributed by atoms with E-state index in [9.17, 15) is 13.2 Å². The molecule has 34 heavy (non-hydrogen) atoms. The third-order valence-electron chi connectivity index (χ3n) is 4.59. The van der Waals surface area contributed by atoms with E-state index >= 15 is 0 Å². The van der Waals surface area contributed by atoms with Crippen molar-refractivity contribution in [1.29, 1.82) is 0 Å². The van der Waals surface area contributed by atoms with Crippen LogP contribution in [0.1, 0.15) is 35.3 Å². The van der Waals surface area contributed by atoms with Gasteiger partial charge in [0, 0.05) is 0 Å². The van der Waals surface area contributed by atoms with Crippen molar-refractivity contribution in [1.82, 2.24) is 4.83 Å². The molecule has 0 aromatic heterocycles. The number of hydrogen-bond acceptors (Lipinski definition) is 7. The Hall–Kier alpha value is -3.85. The number of carbonyl (C=O) groups excluding carboxylic acids is 1. The van der Waals surface area contributed by atoms with Gasteiger partial charge in [0.15, 0.2) is 11.5 Å². The normalized spacial score (nSPS) is 11.3. The van der Waals surface area contributed by atoms with Crippen molar-refractivity contribution < 1.29 is 27.4 Å². The zero-order valence-corrected chi connectivity index (χ0v) is 20.0. The monoisotopic (exact) mass is 482 g/mol. The first kappa shape index (κ1) is 24.8. The summed E-state index contributed by atoms with van der Waals surface area (Å²) in [5.41, 5.74) is 1.87. The number of nitrogens with one attached hydrogen (secondary N) is 1. The van der Waals surface area contributed by atoms with Gasteiger partial charge in [-0.2, -0.15) is 13.5 Å². The lowest BCUT2D eigenvalue weighted by Gasteiger charge is -2.11. The van der Waals surface area contributed by atoms with Crippen LogP contribution >= 0.6 is 0 Å². The standard InChI is InChI=1S/C25H26N2O6S/c1-4-31-21-11-9-20(10-12-21)25(28)33-23-15-8-19(16-24(23)32-5-2)17-26-27-34(29,30)22-13-6-18(3)7-14-22/h6-17,27H,4-5H2,1-3H3. The highest BCUT2D eigenvalue weighted by Gasteiger charge is 2.14. The molecular weight excluding hydrogens is 456 g/mol. The number of benzene rings is 3. The van der Waals surface area contributed by atoms with Gasteiger partial charge in [-0.05, 0) is 80.9 Å². The molecule has 3 aromatic carbocycles. The van der Waals surface area contributed by atoms with E-state index in [0.717, 1.165) is 5.56 Å². The predicted molar refractivity (Wildman–Crippen MR) is 129 cm³/mol. The molecule has 0 radical (unpaired) electrons. The van der Waals surface area contributed by atoms with Crippen molar-refractivity contribution in [2.24, 2.45) is 5.10 Å². The molecule has 178 valence electrons. The quantitative estimate of drug-likeness (QED) is 0.200. The van der Waals surface area contributed by atoms with E-state index in [0.29, 0.717) is 35.8 Å². The Kier molecular flexibility index (Phi) is 8.26. The van der Waals surface area contributed by atoms with Crippen molar-refractivity contribution in [2.45, 2.75) is 25.7 Å². The van der Waals surface area contributed by atoms with Crippen LogP contribution in [0, 0.1) is 6.92 Å². The van der Waals surface area contributed by atoms with Gasteiger partial charge in [-0.15, -0.1) is 0 Å². The summed E-state index contributed by atoms with van der Waals surface area (Å²) in [4.78, 5) is 14.8. The van der Waals surface area contributed by atoms with E-state index in [-0.39, 0.29) is 10.6 Å². The number of hydrazone groups is 1. The van der Waals surface area contributed by atoms with Crippen LogP contribution in [0.4, 0.5) is 0 Å². The summed E-state index contributed by atoms with van der Waals surface area (Å²) in [6.45, 7) is 6.43. The summed E-state index contributed by atoms with van der Waals surface area (Å²) in [5.74, 6) is 0.678. The van der Waals surface area contributed by atoms with Crippen molar-refractivity contribution in [2.75, 3.05) is 13.2 Å². The number of aryl methyl sites for hydroxylation is 1. The molecule has 9 heteroatoms. The first-order valence-corrected chi connectivity index (χ1v) is 12.1. The van der Waals surface area contributed by atoms with E-state index in [1.807, 2.05) is 13.8 Å². The molecule has 0 aliphatic rings. The first-order valence-electron chi connectivity index (χ1n) is 10.7. The van der Waals surface area contributed by atoms with Gasteiger partial charge in [0.2, 0.25) is 0 Å². The summed E-state index contributed by atoms with van der Waals surface area (Å²) < 4.78 is 41.2. The zero-order chi connectivity index (χ0) is 24.6. The molecule has 0 atom stereocenters. The highest BCUT2D eigenvalue weighted by Crippen LogP contribution is 2.29. The van der Waals surface area contributed by atoms with E-state index in [1.54, 1.807) is 61.5 Å². The van der Waals surface area contributed by atoms with Crippen LogP contribution in [-0.4, -0.2) is 33.8 Å². The smallest absolute Gasteiger partial charge is 0.343 e. The van der Waals surface area contributed by atoms with Gasteiger partial charge in [0.25, 0.3) is 10.0 Å². The van der Waals surface area contributed by atoms with Crippen LogP contribution in [0.3, 0.4) is 0 Å². The number of rotatable bonds is 10. The predicted octanol–water partition coefficient (Wildman–Crippen LogP) is 4.32. The maximum absolute atomic E-state index is 12.5. The Morgan fingerprint density at radius 2 is 1.59 bits per heavy atom. The molecule has 3 rings (SSSR count). The lowest BCUT2D eigenvalue weighted by Crippen LogP contribution is -2.18. The Morgan fingerprint density at radius 3 is 2.24 bits per heavy atom. The Balaban J connectivity index is 1.71. The van der Waals surface area contributed by atoms with E-state index in [4.69, 9.17) is 14.2 Å². The number of nitrogens with zero attached hydrogens (tertiary/aromatic N) is 1. The van der Waals surface area contributed by atoms with Crippen LogP contribution in [0.15, 0.2) is 76.7 Å². The zero-order valence-electron chi connectivity index (χ0n) is 19.1. The van der Waals surface area contributed by atoms with Gasteiger partial charge < -0.3 is 14.2 Å². The molecule has 0 saturated carbocycles. The average Bonchev–Trinajstić information content (AvgIpc) is 2.81. The molecular formula is C25H26N2O6S. The minimum absolute atomic E-state index is 0.113. The van der Waals surface area contributed by atoms with Crippen LogP contribution < -0.4 is 19.0 Å². The van der Waals surface area contributed by atoms with Crippen LogP contribution in [0.2, 0.25) is 0 Å². The topological polar surface area (TPSA) is 103 Å². The summed E-state index contributed by atoms with van der Waals surface area (Å²) >= 11 is 0. The lowest BCUT2D eigenvalue weighted by atomic mass is 10.2. The maximum atomic E-state index is 12.5. The molecule has 0 fully saturated rings. The van der Waals surface area contributed by atoms with Crippen LogP contribution in [0.25, 0.3) is 0 Å². The summed E-state index contributed by atoms with van der Waals surface area (Å²) in [6.07, 6.45) is 1.34. The van der Waals surface area contributed by atoms with Gasteiger partial charge in [0.05, 0.1) is 29.9 Å². The molecule has 3 aromatic rings. The van der Waals surface area contributed by atoms with Crippen molar-refractivity contribution in [3.63, 3.8) is 0 Å². The number of carbonyl (C=O) groups is 1. The summed E-state index contributed by atoms with van der Waals surface area (Å²) in [7, 11) is -3.79. The first-order chi connectivity index (χ1) is 16.3. The minimum atomic E-state index is -3.79. The summed E-state index contributed by atoms with van der Waals surface area (Å²) in [6, 6.07) is 17.9. The van der Waals surface area contributed by atoms with Crippen molar-refractivity contribution >= 4 is 22.2 Å². The van der Waals surface area contributed by atoms with Gasteiger partial charge in [0.1, 0.15) is 5.75 Å². The number of esters is 1. The second-order valence-corrected chi connectivity index (χ2v) is 8.81. The molecule has 0 aliphatic carbocycles. The largest absolute Gasteiger partial charge is 0.494 e. The molecule has 0 heterocycles. The Labute approximate surface area is 199 Å². The van der Waals surface area contributed by atoms with Crippen LogP contribution in [-0.2, 0) is 10.0 Å². The lowest BCUT2D eigenvalue weighted by molar-refractivity contribution is 0.0728. The average molecular weight is 483 g/mol. The maximum Gasteiger partial charge on any atom is 0.343 e. The number of sulfonamides is 1. The van der Waals surface area contributed by atoms with Gasteiger partial charge >= 0.3 is 5.97 Å². The molecule has 1 N–H and O–H groups in total. The van der Waals surface area contributed by atoms with Gasteiger partial charge in [-0.3, -0.25) is 0 Å². The fourth-order valence-electron chi connectivity index (χ4n) is 2.91. The van der Waals surface area contributed by atoms with E-state index in [2.05, 4.69) is 9.93 Å². The molecule has 0 aliphatic heterocycles. The van der Waals surface area contributed by atoms with E-state index in [1.165, 1.54) is 18.3 Å². The van der Waals surface area contributed by atoms with E-state index < -0.39 is 16.0 Å². The molecule has 0 saturated heterocycles. The summed E-state index contributed by atoms with van der Waals surface area (Å²) in [5, 5.41) is 3.84. The number of ether oxygens (including phenoxy) is 3. The second kappa shape index (κ2) is 11.3. The van der Waals surface area contributed by atoms with Crippen molar-refractivity contribution in [3.05, 3.63) is 83.4 Å². The highest BCUT2D eigenvalue weighted by molar-refractivity contribution is 7.89. The minimum Gasteiger partial charge on any atom is -0.494 e. The Morgan fingerprint density at radius 1 is 0.912 bits per heavy atom. The molecule has 0 unspecified atom stereocenters. The van der Waals surface area contributed by atoms with Gasteiger partial charge in [-0.1, -0.05) is 17.7 Å². The molecule has 0 bridgehead atoms. The SMILES string of the molecule is CCOc1ccc(C(=O)Oc2ccc(C=NNS(=O)(=O)c3ccc(C)cc3)cc2OCC)cc1. The van der Waals surface area contributed by atoms with Crippen molar-refractivity contribution in [3.8, 4) is 17.2 Å². The fraction of sp³-hybridized carbons (Fsp3) is 0.200. The Bertz CT molecular complexity index is 1250.